The van der Waals surface area contributed by atoms with Crippen molar-refractivity contribution in [2.24, 2.45) is 0 Å². The first kappa shape index (κ1) is 23.8. The van der Waals surface area contributed by atoms with E-state index < -0.39 is 6.03 Å². The summed E-state index contributed by atoms with van der Waals surface area (Å²) in [4.78, 5) is 39.0. The zero-order chi connectivity index (χ0) is 24.2. The van der Waals surface area contributed by atoms with Gasteiger partial charge in [0.1, 0.15) is 18.5 Å². The van der Waals surface area contributed by atoms with Gasteiger partial charge in [0, 0.05) is 23.4 Å². The molecule has 0 aliphatic carbocycles. The van der Waals surface area contributed by atoms with Crippen molar-refractivity contribution in [3.63, 3.8) is 0 Å². The van der Waals surface area contributed by atoms with Crippen LogP contribution in [0.1, 0.15) is 29.6 Å². The van der Waals surface area contributed by atoms with Crippen molar-refractivity contribution in [2.45, 2.75) is 37.5 Å². The second-order valence-corrected chi connectivity index (χ2v) is 8.68. The molecule has 3 atom stereocenters. The third-order valence-corrected chi connectivity index (χ3v) is 6.25. The van der Waals surface area contributed by atoms with E-state index in [1.165, 1.54) is 7.11 Å². The Bertz CT molecular complexity index is 1080. The Hall–Kier alpha value is -3.30. The number of rotatable bonds is 4. The third kappa shape index (κ3) is 5.43. The Kier molecular flexibility index (Phi) is 7.23. The number of anilines is 2. The molecule has 2 aromatic rings. The van der Waals surface area contributed by atoms with Crippen molar-refractivity contribution in [3.05, 3.63) is 53.1 Å². The highest BCUT2D eigenvalue weighted by Crippen LogP contribution is 2.32. The first-order valence-electron chi connectivity index (χ1n) is 10.9. The molecule has 34 heavy (non-hydrogen) atoms. The van der Waals surface area contributed by atoms with Gasteiger partial charge in [-0.2, -0.15) is 0 Å². The maximum atomic E-state index is 13.3. The fraction of sp³-hybridized carbons (Fsp3) is 0.375. The lowest BCUT2D eigenvalue weighted by Crippen LogP contribution is -2.53. The minimum Gasteiger partial charge on any atom is -0.490 e. The molecule has 2 N–H and O–H groups in total. The van der Waals surface area contributed by atoms with Gasteiger partial charge in [-0.05, 0) is 55.3 Å². The standard InChI is InChI=1S/C24H26ClN3O6/c1-28-19-9-8-17(12-22(29)32-2)34-21(19)13-33-20-10-7-16(11-18(20)23(28)30)27-24(31)26-15-5-3-14(25)4-6-15/h3-7,10-11,17,19,21H,8-9,12-13H2,1-2H3,(H2,26,27,31)/t17-,19-,21+/m1/s1. The minimum atomic E-state index is -0.452. The van der Waals surface area contributed by atoms with E-state index >= 15 is 0 Å². The number of nitrogens with one attached hydrogen (secondary N) is 2. The van der Waals surface area contributed by atoms with Gasteiger partial charge in [-0.15, -0.1) is 0 Å². The van der Waals surface area contributed by atoms with E-state index in [1.807, 2.05) is 0 Å². The van der Waals surface area contributed by atoms with Crippen LogP contribution in [0.15, 0.2) is 42.5 Å². The fourth-order valence-electron chi connectivity index (χ4n) is 4.20. The van der Waals surface area contributed by atoms with Crippen LogP contribution in [0.5, 0.6) is 5.75 Å². The lowest BCUT2D eigenvalue weighted by atomic mass is 9.94. The van der Waals surface area contributed by atoms with Gasteiger partial charge >= 0.3 is 12.0 Å². The van der Waals surface area contributed by atoms with Gasteiger partial charge in [-0.1, -0.05) is 11.6 Å². The molecule has 3 amide bonds. The number of hydrogen-bond donors (Lipinski definition) is 2. The fourth-order valence-corrected chi connectivity index (χ4v) is 4.33. The first-order valence-corrected chi connectivity index (χ1v) is 11.3. The number of methoxy groups -OCH3 is 1. The van der Waals surface area contributed by atoms with Crippen LogP contribution in [0.3, 0.4) is 0 Å². The zero-order valence-electron chi connectivity index (χ0n) is 18.9. The Balaban J connectivity index is 1.46. The number of amides is 3. The van der Waals surface area contributed by atoms with Crippen LogP contribution in [0, 0.1) is 0 Å². The number of esters is 1. The van der Waals surface area contributed by atoms with Crippen molar-refractivity contribution in [2.75, 3.05) is 31.4 Å². The van der Waals surface area contributed by atoms with Crippen LogP contribution in [-0.2, 0) is 14.3 Å². The van der Waals surface area contributed by atoms with E-state index in [-0.39, 0.29) is 43.2 Å². The summed E-state index contributed by atoms with van der Waals surface area (Å²) in [5, 5.41) is 6.02. The molecule has 2 aromatic carbocycles. The van der Waals surface area contributed by atoms with Crippen LogP contribution in [-0.4, -0.2) is 61.8 Å². The van der Waals surface area contributed by atoms with Crippen molar-refractivity contribution in [1.29, 1.82) is 0 Å². The third-order valence-electron chi connectivity index (χ3n) is 5.99. The first-order chi connectivity index (χ1) is 16.3. The predicted octanol–water partition coefficient (Wildman–Crippen LogP) is 3.93. The Morgan fingerprint density at radius 2 is 1.82 bits per heavy atom. The number of benzene rings is 2. The van der Waals surface area contributed by atoms with Crippen molar-refractivity contribution in [3.8, 4) is 5.75 Å². The summed E-state index contributed by atoms with van der Waals surface area (Å²) >= 11 is 5.87. The summed E-state index contributed by atoms with van der Waals surface area (Å²) in [5.74, 6) is -0.163. The normalized spacial score (nSPS) is 21.8. The average molecular weight is 488 g/mol. The van der Waals surface area contributed by atoms with Gasteiger partial charge in [-0.3, -0.25) is 9.59 Å². The Morgan fingerprint density at radius 3 is 2.56 bits per heavy atom. The molecule has 9 nitrogen and oxygen atoms in total. The Labute approximate surface area is 202 Å². The summed E-state index contributed by atoms with van der Waals surface area (Å²) in [6, 6.07) is 11.0. The van der Waals surface area contributed by atoms with E-state index in [9.17, 15) is 14.4 Å². The second-order valence-electron chi connectivity index (χ2n) is 8.25. The highest BCUT2D eigenvalue weighted by Gasteiger charge is 2.39. The molecular formula is C24H26ClN3O6. The zero-order valence-corrected chi connectivity index (χ0v) is 19.6. The molecule has 0 unspecified atom stereocenters. The summed E-state index contributed by atoms with van der Waals surface area (Å²) in [6.07, 6.45) is 0.835. The van der Waals surface area contributed by atoms with Crippen LogP contribution < -0.4 is 15.4 Å². The lowest BCUT2D eigenvalue weighted by Gasteiger charge is -2.42. The maximum Gasteiger partial charge on any atom is 0.323 e. The van der Waals surface area contributed by atoms with Gasteiger partial charge in [0.05, 0.1) is 31.2 Å². The van der Waals surface area contributed by atoms with E-state index in [0.29, 0.717) is 40.6 Å². The van der Waals surface area contributed by atoms with Gasteiger partial charge < -0.3 is 29.7 Å². The van der Waals surface area contributed by atoms with Gasteiger partial charge in [0.2, 0.25) is 0 Å². The molecule has 2 aliphatic rings. The van der Waals surface area contributed by atoms with E-state index in [2.05, 4.69) is 10.6 Å². The molecular weight excluding hydrogens is 462 g/mol. The van der Waals surface area contributed by atoms with Crippen molar-refractivity contribution < 1.29 is 28.6 Å². The monoisotopic (exact) mass is 487 g/mol. The number of carbonyl (C=O) groups excluding carboxylic acids is 3. The maximum absolute atomic E-state index is 13.3. The molecule has 0 radical (unpaired) electrons. The number of likely N-dealkylation sites (N-methyl/N-ethyl adjacent to an activating group) is 1. The smallest absolute Gasteiger partial charge is 0.323 e. The molecule has 0 aromatic heterocycles. The molecule has 1 saturated heterocycles. The number of hydrogen-bond acceptors (Lipinski definition) is 6. The van der Waals surface area contributed by atoms with Crippen LogP contribution in [0.25, 0.3) is 0 Å². The van der Waals surface area contributed by atoms with Gasteiger partial charge in [-0.25, -0.2) is 4.79 Å². The quantitative estimate of drug-likeness (QED) is 0.633. The van der Waals surface area contributed by atoms with E-state index in [4.69, 9.17) is 25.8 Å². The SMILES string of the molecule is COC(=O)C[C@H]1CC[C@@H]2[C@H](COc3ccc(NC(=O)Nc4ccc(Cl)cc4)cc3C(=O)N2C)O1. The summed E-state index contributed by atoms with van der Waals surface area (Å²) in [6.45, 7) is 0.233. The van der Waals surface area contributed by atoms with Crippen molar-refractivity contribution in [1.82, 2.24) is 4.90 Å². The van der Waals surface area contributed by atoms with E-state index in [1.54, 1.807) is 54.4 Å². The van der Waals surface area contributed by atoms with Gasteiger partial charge in [0.25, 0.3) is 5.91 Å². The van der Waals surface area contributed by atoms with Crippen molar-refractivity contribution >= 4 is 40.9 Å². The number of carbonyl (C=O) groups is 3. The molecule has 2 aliphatic heterocycles. The number of nitrogens with zero attached hydrogens (tertiary/aromatic N) is 1. The minimum absolute atomic E-state index is 0.168. The summed E-state index contributed by atoms with van der Waals surface area (Å²) < 4.78 is 16.8. The molecule has 1 fully saturated rings. The number of urea groups is 1. The molecule has 10 heteroatoms. The van der Waals surface area contributed by atoms with Crippen LogP contribution in [0.2, 0.25) is 5.02 Å². The predicted molar refractivity (Wildman–Crippen MR) is 126 cm³/mol. The average Bonchev–Trinajstić information content (AvgIpc) is 2.83. The second kappa shape index (κ2) is 10.3. The highest BCUT2D eigenvalue weighted by atomic mass is 35.5. The molecule has 4 rings (SSSR count). The van der Waals surface area contributed by atoms with E-state index in [0.717, 1.165) is 0 Å². The number of ether oxygens (including phenoxy) is 3. The largest absolute Gasteiger partial charge is 0.490 e. The van der Waals surface area contributed by atoms with Crippen LogP contribution >= 0.6 is 11.6 Å². The lowest BCUT2D eigenvalue weighted by molar-refractivity contribution is -0.151. The molecule has 0 saturated carbocycles. The summed E-state index contributed by atoms with van der Waals surface area (Å²) in [5.41, 5.74) is 1.38. The number of fused-ring (bicyclic) bond motifs is 2. The Morgan fingerprint density at radius 1 is 1.12 bits per heavy atom. The van der Waals surface area contributed by atoms with Gasteiger partial charge in [0.15, 0.2) is 0 Å². The van der Waals surface area contributed by atoms with Crippen LogP contribution in [0.4, 0.5) is 16.2 Å². The molecule has 0 bridgehead atoms. The number of halogens is 1. The highest BCUT2D eigenvalue weighted by molar-refractivity contribution is 6.30. The summed E-state index contributed by atoms with van der Waals surface area (Å²) in [7, 11) is 3.08. The topological polar surface area (TPSA) is 106 Å². The molecule has 0 spiro atoms. The molecule has 2 heterocycles. The molecule has 180 valence electrons.